The minimum atomic E-state index is 0.478. The van der Waals surface area contributed by atoms with Crippen LogP contribution in [0.25, 0.3) is 0 Å². The van der Waals surface area contributed by atoms with Crippen LogP contribution in [0.4, 0.5) is 0 Å². The van der Waals surface area contributed by atoms with Gasteiger partial charge in [0.2, 0.25) is 0 Å². The summed E-state index contributed by atoms with van der Waals surface area (Å²) in [5.41, 5.74) is 1.16. The van der Waals surface area contributed by atoms with Crippen molar-refractivity contribution in [2.45, 2.75) is 59.8 Å². The molecule has 0 radical (unpaired) electrons. The molecule has 1 nitrogen and oxygen atoms in total. The first-order valence-corrected chi connectivity index (χ1v) is 6.18. The van der Waals surface area contributed by atoms with E-state index in [-0.39, 0.29) is 0 Å². The third kappa shape index (κ3) is 3.61. The first kappa shape index (κ1) is 12.0. The van der Waals surface area contributed by atoms with Crippen molar-refractivity contribution >= 4 is 0 Å². The Balaban J connectivity index is 2.09. The van der Waals surface area contributed by atoms with Gasteiger partial charge in [-0.15, -0.1) is 0 Å². The monoisotopic (exact) mass is 197 g/mol. The van der Waals surface area contributed by atoms with Gasteiger partial charge in [-0.2, -0.15) is 0 Å². The number of hydrogen-bond acceptors (Lipinski definition) is 1. The van der Waals surface area contributed by atoms with Gasteiger partial charge in [0.15, 0.2) is 0 Å². The lowest BCUT2D eigenvalue weighted by Crippen LogP contribution is -2.40. The highest BCUT2D eigenvalue weighted by atomic mass is 14.9. The van der Waals surface area contributed by atoms with Crippen LogP contribution in [-0.4, -0.2) is 13.1 Å². The molecule has 1 heteroatoms. The zero-order valence-corrected chi connectivity index (χ0v) is 10.4. The Bertz CT molecular complexity index is 157. The Morgan fingerprint density at radius 1 is 1.21 bits per heavy atom. The fourth-order valence-electron chi connectivity index (χ4n) is 2.15. The van der Waals surface area contributed by atoms with Gasteiger partial charge in [-0.1, -0.05) is 34.1 Å². The summed E-state index contributed by atoms with van der Waals surface area (Å²) in [4.78, 5) is 0. The second kappa shape index (κ2) is 4.65. The highest BCUT2D eigenvalue weighted by Gasteiger charge is 2.34. The van der Waals surface area contributed by atoms with Gasteiger partial charge in [0.05, 0.1) is 0 Å². The summed E-state index contributed by atoms with van der Waals surface area (Å²) < 4.78 is 0. The van der Waals surface area contributed by atoms with Gasteiger partial charge in [0, 0.05) is 6.54 Å². The molecule has 1 rings (SSSR count). The van der Waals surface area contributed by atoms with Crippen LogP contribution in [0.5, 0.6) is 0 Å². The van der Waals surface area contributed by atoms with Gasteiger partial charge in [0.25, 0.3) is 0 Å². The molecule has 0 bridgehead atoms. The molecule has 0 aromatic carbocycles. The van der Waals surface area contributed by atoms with Crippen molar-refractivity contribution in [1.29, 1.82) is 0 Å². The van der Waals surface area contributed by atoms with Crippen LogP contribution in [-0.2, 0) is 0 Å². The molecular weight excluding hydrogens is 170 g/mol. The van der Waals surface area contributed by atoms with E-state index >= 15 is 0 Å². The standard InChI is InChI=1S/C13H27N/c1-5-13(7-6-8-13)11-14-10-9-12(2,3)4/h14H,5-11H2,1-4H3. The third-order valence-corrected chi connectivity index (χ3v) is 3.72. The summed E-state index contributed by atoms with van der Waals surface area (Å²) in [5, 5.41) is 3.64. The van der Waals surface area contributed by atoms with Crippen LogP contribution in [0.1, 0.15) is 59.8 Å². The van der Waals surface area contributed by atoms with Crippen LogP contribution in [0, 0.1) is 10.8 Å². The molecule has 0 aromatic heterocycles. The van der Waals surface area contributed by atoms with Crippen LogP contribution in [0.2, 0.25) is 0 Å². The van der Waals surface area contributed by atoms with Crippen molar-refractivity contribution in [2.75, 3.05) is 13.1 Å². The lowest BCUT2D eigenvalue weighted by molar-refractivity contribution is 0.123. The molecule has 0 spiro atoms. The van der Waals surface area contributed by atoms with E-state index in [0.717, 1.165) is 0 Å². The minimum absolute atomic E-state index is 0.478. The van der Waals surface area contributed by atoms with E-state index in [1.54, 1.807) is 0 Å². The molecular formula is C13H27N. The molecule has 1 fully saturated rings. The van der Waals surface area contributed by atoms with Crippen molar-refractivity contribution < 1.29 is 0 Å². The maximum atomic E-state index is 3.64. The highest BCUT2D eigenvalue weighted by Crippen LogP contribution is 2.43. The summed E-state index contributed by atoms with van der Waals surface area (Å²) in [6.45, 7) is 11.7. The van der Waals surface area contributed by atoms with Gasteiger partial charge in [-0.05, 0) is 43.1 Å². The average Bonchev–Trinajstić information content (AvgIpc) is 2.00. The molecule has 14 heavy (non-hydrogen) atoms. The summed E-state index contributed by atoms with van der Waals surface area (Å²) in [6, 6.07) is 0. The molecule has 1 aliphatic rings. The van der Waals surface area contributed by atoms with E-state index < -0.39 is 0 Å². The molecule has 0 amide bonds. The van der Waals surface area contributed by atoms with Gasteiger partial charge in [-0.3, -0.25) is 0 Å². The quantitative estimate of drug-likeness (QED) is 0.664. The average molecular weight is 197 g/mol. The summed E-state index contributed by atoms with van der Waals surface area (Å²) in [6.07, 6.45) is 7.00. The lowest BCUT2D eigenvalue weighted by atomic mass is 9.67. The van der Waals surface area contributed by atoms with Gasteiger partial charge < -0.3 is 5.32 Å². The molecule has 0 heterocycles. The van der Waals surface area contributed by atoms with Gasteiger partial charge >= 0.3 is 0 Å². The first-order chi connectivity index (χ1) is 6.47. The maximum absolute atomic E-state index is 3.64. The molecule has 1 saturated carbocycles. The zero-order chi connectivity index (χ0) is 10.7. The second-order valence-corrected chi connectivity index (χ2v) is 6.19. The summed E-state index contributed by atoms with van der Waals surface area (Å²) >= 11 is 0. The van der Waals surface area contributed by atoms with Crippen LogP contribution in [0.15, 0.2) is 0 Å². The molecule has 0 atom stereocenters. The Morgan fingerprint density at radius 2 is 1.86 bits per heavy atom. The van der Waals surface area contributed by atoms with Crippen LogP contribution in [0.3, 0.4) is 0 Å². The van der Waals surface area contributed by atoms with Crippen molar-refractivity contribution in [3.63, 3.8) is 0 Å². The number of hydrogen-bond donors (Lipinski definition) is 1. The fraction of sp³-hybridized carbons (Fsp3) is 1.00. The lowest BCUT2D eigenvalue weighted by Gasteiger charge is -2.41. The number of nitrogens with one attached hydrogen (secondary N) is 1. The Morgan fingerprint density at radius 3 is 2.21 bits per heavy atom. The van der Waals surface area contributed by atoms with Crippen molar-refractivity contribution in [3.05, 3.63) is 0 Å². The molecule has 1 N–H and O–H groups in total. The van der Waals surface area contributed by atoms with Crippen LogP contribution >= 0.6 is 0 Å². The molecule has 0 aliphatic heterocycles. The molecule has 0 saturated heterocycles. The highest BCUT2D eigenvalue weighted by molar-refractivity contribution is 4.88. The van der Waals surface area contributed by atoms with E-state index in [2.05, 4.69) is 33.0 Å². The predicted octanol–water partition coefficient (Wildman–Crippen LogP) is 3.59. The first-order valence-electron chi connectivity index (χ1n) is 6.18. The molecule has 0 aromatic rings. The third-order valence-electron chi connectivity index (χ3n) is 3.72. The fourth-order valence-corrected chi connectivity index (χ4v) is 2.15. The largest absolute Gasteiger partial charge is 0.316 e. The van der Waals surface area contributed by atoms with Gasteiger partial charge in [0.1, 0.15) is 0 Å². The smallest absolute Gasteiger partial charge is 0.000771 e. The van der Waals surface area contributed by atoms with Crippen molar-refractivity contribution in [3.8, 4) is 0 Å². The Labute approximate surface area is 89.7 Å². The maximum Gasteiger partial charge on any atom is 0.000771 e. The van der Waals surface area contributed by atoms with E-state index in [0.29, 0.717) is 10.8 Å². The molecule has 84 valence electrons. The van der Waals surface area contributed by atoms with Crippen molar-refractivity contribution in [2.24, 2.45) is 10.8 Å². The van der Waals surface area contributed by atoms with Crippen molar-refractivity contribution in [1.82, 2.24) is 5.32 Å². The molecule has 1 aliphatic carbocycles. The van der Waals surface area contributed by atoms with Gasteiger partial charge in [-0.25, -0.2) is 0 Å². The van der Waals surface area contributed by atoms with E-state index in [4.69, 9.17) is 0 Å². The zero-order valence-electron chi connectivity index (χ0n) is 10.4. The normalized spacial score (nSPS) is 20.6. The van der Waals surface area contributed by atoms with Crippen LogP contribution < -0.4 is 5.32 Å². The Kier molecular flexibility index (Phi) is 4.00. The van der Waals surface area contributed by atoms with E-state index in [1.165, 1.54) is 45.2 Å². The topological polar surface area (TPSA) is 12.0 Å². The SMILES string of the molecule is CCC1(CNCCC(C)(C)C)CCC1. The summed E-state index contributed by atoms with van der Waals surface area (Å²) in [7, 11) is 0. The number of rotatable bonds is 5. The minimum Gasteiger partial charge on any atom is -0.316 e. The predicted molar refractivity (Wildman–Crippen MR) is 63.5 cm³/mol. The molecule has 0 unspecified atom stereocenters. The van der Waals surface area contributed by atoms with E-state index in [9.17, 15) is 0 Å². The Hall–Kier alpha value is -0.0400. The van der Waals surface area contributed by atoms with E-state index in [1.807, 2.05) is 0 Å². The summed E-state index contributed by atoms with van der Waals surface area (Å²) in [5.74, 6) is 0. The second-order valence-electron chi connectivity index (χ2n) is 6.19.